The van der Waals surface area contributed by atoms with E-state index in [0.29, 0.717) is 15.9 Å². The second-order valence-electron chi connectivity index (χ2n) is 3.03. The lowest BCUT2D eigenvalue weighted by Crippen LogP contribution is -2.04. The molecule has 0 aliphatic carbocycles. The molecule has 15 heavy (non-hydrogen) atoms. The molecule has 0 bridgehead atoms. The molecule has 6 heteroatoms. The molecule has 2 rings (SSSR count). The van der Waals surface area contributed by atoms with Crippen LogP contribution >= 0.6 is 15.9 Å². The molecule has 0 radical (unpaired) electrons. The van der Waals surface area contributed by atoms with E-state index in [-0.39, 0.29) is 12.2 Å². The molecule has 0 spiro atoms. The Balaban J connectivity index is 2.14. The monoisotopic (exact) mass is 269 g/mol. The number of carbonyl (C=O) groups is 1. The van der Waals surface area contributed by atoms with Crippen molar-refractivity contribution >= 4 is 21.7 Å². The van der Waals surface area contributed by atoms with Gasteiger partial charge in [0.25, 0.3) is 0 Å². The third-order valence-electron chi connectivity index (χ3n) is 1.91. The van der Waals surface area contributed by atoms with Crippen molar-refractivity contribution in [2.24, 2.45) is 7.05 Å². The van der Waals surface area contributed by atoms with E-state index in [1.54, 1.807) is 19.3 Å². The highest BCUT2D eigenvalue weighted by molar-refractivity contribution is 9.10. The second-order valence-corrected chi connectivity index (χ2v) is 3.75. The minimum absolute atomic E-state index is 0.0453. The van der Waals surface area contributed by atoms with E-state index in [1.807, 2.05) is 0 Å². The Bertz CT molecular complexity index is 489. The summed E-state index contributed by atoms with van der Waals surface area (Å²) in [7, 11) is 1.71. The number of carbonyl (C=O) groups excluding carboxylic acids is 1. The molecule has 0 saturated heterocycles. The number of Topliss-reactive ketones (excluding diaryl/α,β-unsaturated/α-hetero) is 1. The van der Waals surface area contributed by atoms with Crippen LogP contribution in [0.15, 0.2) is 27.6 Å². The van der Waals surface area contributed by atoms with Crippen molar-refractivity contribution < 1.29 is 9.21 Å². The van der Waals surface area contributed by atoms with Crippen LogP contribution in [0.3, 0.4) is 0 Å². The molecule has 0 saturated carbocycles. The van der Waals surface area contributed by atoms with Gasteiger partial charge in [0.05, 0.1) is 30.1 Å². The number of furan rings is 1. The smallest absolute Gasteiger partial charge is 0.179 e. The standard InChI is InChI=1S/C9H8BrN3O2/c1-13-11-5-6(12-13)4-8(14)7-2-3-15-9(7)10/h2-3,5H,4H2,1H3. The van der Waals surface area contributed by atoms with Crippen LogP contribution in [0.4, 0.5) is 0 Å². The van der Waals surface area contributed by atoms with Gasteiger partial charge in [0.2, 0.25) is 0 Å². The fourth-order valence-electron chi connectivity index (χ4n) is 1.22. The number of halogens is 1. The van der Waals surface area contributed by atoms with Crippen LogP contribution in [0.1, 0.15) is 16.1 Å². The molecule has 2 aromatic heterocycles. The zero-order chi connectivity index (χ0) is 10.8. The Morgan fingerprint density at radius 1 is 1.67 bits per heavy atom. The maximum absolute atomic E-state index is 11.7. The average molecular weight is 270 g/mol. The minimum Gasteiger partial charge on any atom is -0.457 e. The Labute approximate surface area is 94.2 Å². The molecule has 0 atom stereocenters. The lowest BCUT2D eigenvalue weighted by molar-refractivity contribution is 0.0990. The van der Waals surface area contributed by atoms with E-state index in [9.17, 15) is 4.79 Å². The minimum atomic E-state index is -0.0453. The first kappa shape index (κ1) is 10.1. The van der Waals surface area contributed by atoms with Crippen molar-refractivity contribution in [2.45, 2.75) is 6.42 Å². The first-order chi connectivity index (χ1) is 7.16. The van der Waals surface area contributed by atoms with Crippen molar-refractivity contribution in [3.8, 4) is 0 Å². The number of aromatic nitrogens is 3. The molecule has 0 fully saturated rings. The highest BCUT2D eigenvalue weighted by Gasteiger charge is 2.14. The summed E-state index contributed by atoms with van der Waals surface area (Å²) in [4.78, 5) is 13.2. The molecule has 2 aromatic rings. The molecule has 0 N–H and O–H groups in total. The largest absolute Gasteiger partial charge is 0.457 e. The summed E-state index contributed by atoms with van der Waals surface area (Å²) in [5.74, 6) is -0.0453. The van der Waals surface area contributed by atoms with Crippen molar-refractivity contribution in [2.75, 3.05) is 0 Å². The lowest BCUT2D eigenvalue weighted by Gasteiger charge is -1.94. The number of hydrogen-bond donors (Lipinski definition) is 0. The fraction of sp³-hybridized carbons (Fsp3) is 0.222. The fourth-order valence-corrected chi connectivity index (χ4v) is 1.68. The molecule has 0 unspecified atom stereocenters. The van der Waals surface area contributed by atoms with Crippen molar-refractivity contribution in [1.29, 1.82) is 0 Å². The van der Waals surface area contributed by atoms with Gasteiger partial charge in [0.15, 0.2) is 10.5 Å². The maximum atomic E-state index is 11.7. The topological polar surface area (TPSA) is 60.9 Å². The van der Waals surface area contributed by atoms with Crippen molar-refractivity contribution in [3.63, 3.8) is 0 Å². The predicted octanol–water partition coefficient (Wildman–Crippen LogP) is 1.60. The number of ketones is 1. The van der Waals surface area contributed by atoms with Crippen molar-refractivity contribution in [3.05, 3.63) is 34.5 Å². The Hall–Kier alpha value is -1.43. The van der Waals surface area contributed by atoms with Crippen LogP contribution in [0, 0.1) is 0 Å². The van der Waals surface area contributed by atoms with E-state index in [4.69, 9.17) is 4.42 Å². The van der Waals surface area contributed by atoms with Gasteiger partial charge in [-0.1, -0.05) is 0 Å². The summed E-state index contributed by atoms with van der Waals surface area (Å²) >= 11 is 3.16. The normalized spacial score (nSPS) is 10.5. The highest BCUT2D eigenvalue weighted by atomic mass is 79.9. The SMILES string of the molecule is Cn1ncc(CC(=O)c2ccoc2Br)n1. The maximum Gasteiger partial charge on any atom is 0.179 e. The van der Waals surface area contributed by atoms with Crippen LogP contribution < -0.4 is 0 Å². The summed E-state index contributed by atoms with van der Waals surface area (Å²) in [5.41, 5.74) is 1.18. The Kier molecular flexibility index (Phi) is 2.68. The van der Waals surface area contributed by atoms with E-state index < -0.39 is 0 Å². The number of hydrogen-bond acceptors (Lipinski definition) is 4. The Morgan fingerprint density at radius 3 is 3.00 bits per heavy atom. The third-order valence-corrected chi connectivity index (χ3v) is 2.52. The van der Waals surface area contributed by atoms with Gasteiger partial charge in [-0.2, -0.15) is 15.0 Å². The van der Waals surface area contributed by atoms with E-state index in [1.165, 1.54) is 11.1 Å². The van der Waals surface area contributed by atoms with E-state index in [0.717, 1.165) is 0 Å². The van der Waals surface area contributed by atoms with Crippen molar-refractivity contribution in [1.82, 2.24) is 15.0 Å². The molecule has 5 nitrogen and oxygen atoms in total. The lowest BCUT2D eigenvalue weighted by atomic mass is 10.1. The van der Waals surface area contributed by atoms with Gasteiger partial charge < -0.3 is 4.42 Å². The first-order valence-electron chi connectivity index (χ1n) is 4.28. The van der Waals surface area contributed by atoms with Gasteiger partial charge in [-0.3, -0.25) is 4.79 Å². The quantitative estimate of drug-likeness (QED) is 0.795. The van der Waals surface area contributed by atoms with Crippen LogP contribution in [-0.2, 0) is 13.5 Å². The average Bonchev–Trinajstić information content (AvgIpc) is 2.75. The Morgan fingerprint density at radius 2 is 2.47 bits per heavy atom. The van der Waals surface area contributed by atoms with Gasteiger partial charge in [-0.25, -0.2) is 0 Å². The third kappa shape index (κ3) is 2.15. The molecule has 78 valence electrons. The molecule has 0 aliphatic rings. The molecule has 0 aromatic carbocycles. The summed E-state index contributed by atoms with van der Waals surface area (Å²) < 4.78 is 5.44. The van der Waals surface area contributed by atoms with Gasteiger partial charge in [0, 0.05) is 7.05 Å². The number of rotatable bonds is 3. The highest BCUT2D eigenvalue weighted by Crippen LogP contribution is 2.19. The van der Waals surface area contributed by atoms with Gasteiger partial charge >= 0.3 is 0 Å². The number of nitrogens with zero attached hydrogens (tertiary/aromatic N) is 3. The number of aryl methyl sites for hydroxylation is 1. The van der Waals surface area contributed by atoms with Gasteiger partial charge in [-0.05, 0) is 22.0 Å². The van der Waals surface area contributed by atoms with Crippen LogP contribution in [0.5, 0.6) is 0 Å². The molecule has 2 heterocycles. The molecule has 0 aliphatic heterocycles. The van der Waals surface area contributed by atoms with Crippen LogP contribution in [0.25, 0.3) is 0 Å². The molecule has 0 amide bonds. The summed E-state index contributed by atoms with van der Waals surface area (Å²) in [6, 6.07) is 1.63. The summed E-state index contributed by atoms with van der Waals surface area (Å²) in [6.07, 6.45) is 3.27. The first-order valence-corrected chi connectivity index (χ1v) is 5.07. The summed E-state index contributed by atoms with van der Waals surface area (Å²) in [6.45, 7) is 0. The predicted molar refractivity (Wildman–Crippen MR) is 55.4 cm³/mol. The van der Waals surface area contributed by atoms with Crippen LogP contribution in [0.2, 0.25) is 0 Å². The molecular weight excluding hydrogens is 262 g/mol. The van der Waals surface area contributed by atoms with Gasteiger partial charge in [0.1, 0.15) is 0 Å². The van der Waals surface area contributed by atoms with Gasteiger partial charge in [-0.15, -0.1) is 0 Å². The second kappa shape index (κ2) is 3.98. The van der Waals surface area contributed by atoms with E-state index >= 15 is 0 Å². The van der Waals surface area contributed by atoms with Crippen LogP contribution in [-0.4, -0.2) is 20.8 Å². The molecular formula is C9H8BrN3O2. The summed E-state index contributed by atoms with van der Waals surface area (Å²) in [5, 5.41) is 7.92. The zero-order valence-corrected chi connectivity index (χ0v) is 9.56. The van der Waals surface area contributed by atoms with E-state index in [2.05, 4.69) is 26.1 Å². The zero-order valence-electron chi connectivity index (χ0n) is 7.98.